The van der Waals surface area contributed by atoms with E-state index in [-0.39, 0.29) is 17.9 Å². The summed E-state index contributed by atoms with van der Waals surface area (Å²) < 4.78 is 10.8. The summed E-state index contributed by atoms with van der Waals surface area (Å²) in [6, 6.07) is 16.8. The maximum atomic E-state index is 13.2. The van der Waals surface area contributed by atoms with Crippen LogP contribution >= 0.6 is 0 Å². The molecule has 1 N–H and O–H groups in total. The van der Waals surface area contributed by atoms with Crippen molar-refractivity contribution in [1.82, 2.24) is 9.88 Å². The minimum Gasteiger partial charge on any atom is -0.507 e. The number of methoxy groups -OCH3 is 1. The van der Waals surface area contributed by atoms with Crippen LogP contribution in [0.1, 0.15) is 29.7 Å². The topological polar surface area (TPSA) is 89.0 Å². The lowest BCUT2D eigenvalue weighted by atomic mass is 9.95. The lowest BCUT2D eigenvalue weighted by Crippen LogP contribution is -2.29. The average Bonchev–Trinajstić information content (AvgIpc) is 3.09. The summed E-state index contributed by atoms with van der Waals surface area (Å²) in [5.74, 6) is -0.454. The molecule has 1 amide bonds. The Labute approximate surface area is 191 Å². The molecule has 3 aromatic rings. The molecular weight excluding hydrogens is 420 g/mol. The van der Waals surface area contributed by atoms with E-state index in [1.807, 2.05) is 13.0 Å². The Balaban J connectivity index is 1.84. The van der Waals surface area contributed by atoms with E-state index in [1.165, 1.54) is 4.90 Å². The van der Waals surface area contributed by atoms with Crippen molar-refractivity contribution in [3.63, 3.8) is 0 Å². The van der Waals surface area contributed by atoms with E-state index in [4.69, 9.17) is 9.47 Å². The molecule has 0 radical (unpaired) electrons. The zero-order chi connectivity index (χ0) is 23.4. The molecule has 7 nitrogen and oxygen atoms in total. The van der Waals surface area contributed by atoms with Crippen molar-refractivity contribution >= 4 is 17.4 Å². The van der Waals surface area contributed by atoms with Crippen LogP contribution in [-0.2, 0) is 16.1 Å². The van der Waals surface area contributed by atoms with Gasteiger partial charge < -0.3 is 19.5 Å². The zero-order valence-corrected chi connectivity index (χ0v) is 18.4. The Morgan fingerprint density at radius 3 is 2.52 bits per heavy atom. The zero-order valence-electron chi connectivity index (χ0n) is 18.4. The van der Waals surface area contributed by atoms with Gasteiger partial charge in [-0.05, 0) is 48.4 Å². The number of benzene rings is 2. The van der Waals surface area contributed by atoms with Gasteiger partial charge in [0.25, 0.3) is 11.7 Å². The fraction of sp³-hybridized carbons (Fsp3) is 0.192. The van der Waals surface area contributed by atoms with Crippen LogP contribution in [0.2, 0.25) is 0 Å². The molecular formula is C26H24N2O5. The Morgan fingerprint density at radius 1 is 1.06 bits per heavy atom. The molecule has 2 heterocycles. The predicted molar refractivity (Wildman–Crippen MR) is 123 cm³/mol. The number of pyridine rings is 1. The Morgan fingerprint density at radius 2 is 1.85 bits per heavy atom. The van der Waals surface area contributed by atoms with Crippen molar-refractivity contribution in [2.75, 3.05) is 13.7 Å². The van der Waals surface area contributed by atoms with E-state index in [2.05, 4.69) is 4.98 Å². The van der Waals surface area contributed by atoms with Crippen LogP contribution in [0, 0.1) is 0 Å². The van der Waals surface area contributed by atoms with Crippen LogP contribution in [0.3, 0.4) is 0 Å². The number of likely N-dealkylation sites (tertiary alicyclic amines) is 1. The molecule has 1 fully saturated rings. The van der Waals surface area contributed by atoms with Gasteiger partial charge in [0.05, 0.1) is 25.3 Å². The molecule has 0 saturated carbocycles. The fourth-order valence-electron chi connectivity index (χ4n) is 3.92. The van der Waals surface area contributed by atoms with Crippen LogP contribution in [-0.4, -0.2) is 40.4 Å². The van der Waals surface area contributed by atoms with Crippen molar-refractivity contribution in [1.29, 1.82) is 0 Å². The number of aliphatic hydroxyl groups is 1. The van der Waals surface area contributed by atoms with Gasteiger partial charge in [-0.15, -0.1) is 0 Å². The molecule has 0 aliphatic carbocycles. The van der Waals surface area contributed by atoms with Crippen LogP contribution < -0.4 is 9.47 Å². The van der Waals surface area contributed by atoms with Gasteiger partial charge in [0.15, 0.2) is 0 Å². The van der Waals surface area contributed by atoms with Crippen molar-refractivity contribution in [3.8, 4) is 11.5 Å². The average molecular weight is 444 g/mol. The lowest BCUT2D eigenvalue weighted by Gasteiger charge is -2.25. The highest BCUT2D eigenvalue weighted by atomic mass is 16.5. The second-order valence-electron chi connectivity index (χ2n) is 7.52. The molecule has 33 heavy (non-hydrogen) atoms. The first-order valence-corrected chi connectivity index (χ1v) is 10.6. The summed E-state index contributed by atoms with van der Waals surface area (Å²) in [4.78, 5) is 31.8. The maximum absolute atomic E-state index is 13.2. The molecule has 1 aliphatic heterocycles. The number of carbonyl (C=O) groups excluding carboxylic acids is 2. The summed E-state index contributed by atoms with van der Waals surface area (Å²) in [6.07, 6.45) is 3.29. The molecule has 2 aromatic carbocycles. The minimum atomic E-state index is -0.771. The van der Waals surface area contributed by atoms with Gasteiger partial charge in [0.2, 0.25) is 0 Å². The number of hydrogen-bond acceptors (Lipinski definition) is 6. The van der Waals surface area contributed by atoms with E-state index >= 15 is 0 Å². The third kappa shape index (κ3) is 4.43. The van der Waals surface area contributed by atoms with Gasteiger partial charge in [-0.3, -0.25) is 14.6 Å². The first-order chi connectivity index (χ1) is 16.0. The molecule has 4 rings (SSSR count). The summed E-state index contributed by atoms with van der Waals surface area (Å²) in [5, 5.41) is 11.2. The third-order valence-electron chi connectivity index (χ3n) is 5.47. The number of carbonyl (C=O) groups is 2. The summed E-state index contributed by atoms with van der Waals surface area (Å²) in [7, 11) is 1.56. The van der Waals surface area contributed by atoms with Crippen molar-refractivity contribution in [3.05, 3.63) is 95.3 Å². The van der Waals surface area contributed by atoms with Crippen LogP contribution in [0.5, 0.6) is 11.5 Å². The van der Waals surface area contributed by atoms with E-state index in [0.717, 1.165) is 5.56 Å². The molecule has 1 aliphatic rings. The smallest absolute Gasteiger partial charge is 0.295 e. The highest BCUT2D eigenvalue weighted by molar-refractivity contribution is 6.46. The number of nitrogens with zero attached hydrogens (tertiary/aromatic N) is 2. The molecule has 0 spiro atoms. The number of hydrogen-bond donors (Lipinski definition) is 1. The van der Waals surface area contributed by atoms with Gasteiger partial charge in [-0.2, -0.15) is 0 Å². The second kappa shape index (κ2) is 9.56. The highest BCUT2D eigenvalue weighted by Gasteiger charge is 2.46. The lowest BCUT2D eigenvalue weighted by molar-refractivity contribution is -0.140. The standard InChI is InChI=1S/C26H24N2O5/c1-3-33-21-8-4-7-19(14-21)24(29)22-23(18-9-11-20(32-2)12-10-18)28(26(31)25(22)30)16-17-6-5-13-27-15-17/h4-15,23,29H,3,16H2,1-2H3/b24-22-. The van der Waals surface area contributed by atoms with Gasteiger partial charge in [0.1, 0.15) is 17.3 Å². The van der Waals surface area contributed by atoms with Gasteiger partial charge in [-0.1, -0.05) is 30.3 Å². The first-order valence-electron chi connectivity index (χ1n) is 10.6. The number of ether oxygens (including phenoxy) is 2. The van der Waals surface area contributed by atoms with Crippen LogP contribution in [0.4, 0.5) is 0 Å². The fourth-order valence-corrected chi connectivity index (χ4v) is 3.92. The molecule has 168 valence electrons. The number of ketones is 1. The molecule has 1 aromatic heterocycles. The molecule has 1 saturated heterocycles. The number of rotatable bonds is 7. The quantitative estimate of drug-likeness (QED) is 0.335. The Bertz CT molecular complexity index is 1190. The van der Waals surface area contributed by atoms with Crippen molar-refractivity contribution in [2.45, 2.75) is 19.5 Å². The Kier molecular flexibility index (Phi) is 6.40. The van der Waals surface area contributed by atoms with Gasteiger partial charge >= 0.3 is 0 Å². The molecule has 1 unspecified atom stereocenters. The maximum Gasteiger partial charge on any atom is 0.295 e. The third-order valence-corrected chi connectivity index (χ3v) is 5.47. The normalized spacial score (nSPS) is 17.3. The highest BCUT2D eigenvalue weighted by Crippen LogP contribution is 2.41. The van der Waals surface area contributed by atoms with Crippen molar-refractivity contribution < 1.29 is 24.2 Å². The number of Topliss-reactive ketones (excluding diaryl/α,β-unsaturated/α-hetero) is 1. The molecule has 0 bridgehead atoms. The minimum absolute atomic E-state index is 0.0303. The Hall–Kier alpha value is -4.13. The van der Waals surface area contributed by atoms with Crippen molar-refractivity contribution in [2.24, 2.45) is 0 Å². The van der Waals surface area contributed by atoms with Gasteiger partial charge in [-0.25, -0.2) is 0 Å². The predicted octanol–water partition coefficient (Wildman–Crippen LogP) is 4.11. The summed E-state index contributed by atoms with van der Waals surface area (Å²) in [6.45, 7) is 2.50. The van der Waals surface area contributed by atoms with E-state index in [9.17, 15) is 14.7 Å². The monoisotopic (exact) mass is 444 g/mol. The SMILES string of the molecule is CCOc1cccc(/C(O)=C2/C(=O)C(=O)N(Cc3cccnc3)C2c2ccc(OC)cc2)c1. The largest absolute Gasteiger partial charge is 0.507 e. The number of aromatic nitrogens is 1. The molecule has 1 atom stereocenters. The first kappa shape index (κ1) is 22.1. The van der Waals surface area contributed by atoms with Crippen LogP contribution in [0.15, 0.2) is 78.6 Å². The summed E-state index contributed by atoms with van der Waals surface area (Å²) in [5.41, 5.74) is 1.89. The van der Waals surface area contributed by atoms with E-state index < -0.39 is 17.7 Å². The number of amides is 1. The summed E-state index contributed by atoms with van der Waals surface area (Å²) >= 11 is 0. The van der Waals surface area contributed by atoms with Crippen LogP contribution in [0.25, 0.3) is 5.76 Å². The van der Waals surface area contributed by atoms with E-state index in [0.29, 0.717) is 29.2 Å². The van der Waals surface area contributed by atoms with Gasteiger partial charge in [0, 0.05) is 24.5 Å². The van der Waals surface area contributed by atoms with E-state index in [1.54, 1.807) is 74.1 Å². The molecule has 7 heteroatoms. The second-order valence-corrected chi connectivity index (χ2v) is 7.52. The number of aliphatic hydroxyl groups excluding tert-OH is 1.